The molecule has 176 valence electrons. The van der Waals surface area contributed by atoms with E-state index < -0.39 is 23.6 Å². The quantitative estimate of drug-likeness (QED) is 0.609. The Labute approximate surface area is 199 Å². The lowest BCUT2D eigenvalue weighted by atomic mass is 9.86. The molecular weight excluding hydrogens is 448 g/mol. The highest BCUT2D eigenvalue weighted by atomic mass is 35.5. The van der Waals surface area contributed by atoms with Gasteiger partial charge in [0.25, 0.3) is 0 Å². The van der Waals surface area contributed by atoms with Crippen LogP contribution >= 0.6 is 23.7 Å². The van der Waals surface area contributed by atoms with Gasteiger partial charge in [0.1, 0.15) is 6.04 Å². The molecule has 1 aliphatic rings. The number of nitrogens with one attached hydrogen (secondary N) is 1. The van der Waals surface area contributed by atoms with Crippen LogP contribution in [0.3, 0.4) is 0 Å². The third-order valence-corrected chi connectivity index (χ3v) is 6.82. The molecule has 4 atom stereocenters. The first-order valence-electron chi connectivity index (χ1n) is 10.5. The molecule has 32 heavy (non-hydrogen) atoms. The number of hydrogen-bond donors (Lipinski definition) is 3. The number of rotatable bonds is 5. The lowest BCUT2D eigenvalue weighted by molar-refractivity contribution is -0.141. The van der Waals surface area contributed by atoms with Gasteiger partial charge in [-0.25, -0.2) is 4.98 Å². The molecule has 0 bridgehead atoms. The van der Waals surface area contributed by atoms with Crippen LogP contribution in [0.25, 0.3) is 10.4 Å². The van der Waals surface area contributed by atoms with Crippen molar-refractivity contribution >= 4 is 35.6 Å². The molecule has 1 aromatic carbocycles. The van der Waals surface area contributed by atoms with Crippen LogP contribution in [0.2, 0.25) is 0 Å². The van der Waals surface area contributed by atoms with Gasteiger partial charge in [0.05, 0.1) is 34.3 Å². The van der Waals surface area contributed by atoms with Crippen molar-refractivity contribution in [2.45, 2.75) is 65.3 Å². The number of hydrogen-bond acceptors (Lipinski definition) is 6. The fourth-order valence-electron chi connectivity index (χ4n) is 3.75. The monoisotopic (exact) mass is 480 g/mol. The van der Waals surface area contributed by atoms with Crippen LogP contribution in [0, 0.1) is 12.3 Å². The molecule has 1 aromatic heterocycles. The number of likely N-dealkylation sites (tertiary alicyclic amines) is 1. The number of amides is 2. The van der Waals surface area contributed by atoms with E-state index in [0.717, 1.165) is 21.7 Å². The molecule has 0 spiro atoms. The largest absolute Gasteiger partial charge is 0.391 e. The summed E-state index contributed by atoms with van der Waals surface area (Å²) in [6.45, 7) is 9.67. The second-order valence-electron chi connectivity index (χ2n) is 9.36. The number of aliphatic hydroxyl groups is 1. The van der Waals surface area contributed by atoms with E-state index in [9.17, 15) is 14.7 Å². The molecule has 0 radical (unpaired) electrons. The second-order valence-corrected chi connectivity index (χ2v) is 10.2. The molecule has 2 heterocycles. The van der Waals surface area contributed by atoms with Crippen LogP contribution in [0.15, 0.2) is 29.8 Å². The van der Waals surface area contributed by atoms with Crippen molar-refractivity contribution in [1.82, 2.24) is 15.2 Å². The predicted octanol–water partition coefficient (Wildman–Crippen LogP) is 3.05. The fraction of sp³-hybridized carbons (Fsp3) is 0.522. The number of nitrogens with zero attached hydrogens (tertiary/aromatic N) is 2. The number of halogens is 1. The topological polar surface area (TPSA) is 109 Å². The Hall–Kier alpha value is -2.00. The average molecular weight is 481 g/mol. The van der Waals surface area contributed by atoms with Gasteiger partial charge in [0.15, 0.2) is 0 Å². The summed E-state index contributed by atoms with van der Waals surface area (Å²) in [5, 5.41) is 13.1. The summed E-state index contributed by atoms with van der Waals surface area (Å²) >= 11 is 1.60. The van der Waals surface area contributed by atoms with Gasteiger partial charge in [-0.05, 0) is 30.4 Å². The van der Waals surface area contributed by atoms with E-state index in [1.165, 1.54) is 4.90 Å². The van der Waals surface area contributed by atoms with Crippen molar-refractivity contribution in [1.29, 1.82) is 0 Å². The summed E-state index contributed by atoms with van der Waals surface area (Å²) in [6.07, 6.45) is -0.519. The van der Waals surface area contributed by atoms with Gasteiger partial charge in [-0.1, -0.05) is 45.0 Å². The number of carbonyl (C=O) groups excluding carboxylic acids is 2. The van der Waals surface area contributed by atoms with Crippen molar-refractivity contribution < 1.29 is 14.7 Å². The summed E-state index contributed by atoms with van der Waals surface area (Å²) < 4.78 is 0. The molecule has 1 fully saturated rings. The van der Waals surface area contributed by atoms with Gasteiger partial charge in [-0.3, -0.25) is 9.59 Å². The summed E-state index contributed by atoms with van der Waals surface area (Å²) in [6, 6.07) is 6.32. The molecule has 0 aliphatic carbocycles. The number of nitrogens with two attached hydrogens (primary N) is 1. The Morgan fingerprint density at radius 1 is 1.28 bits per heavy atom. The third kappa shape index (κ3) is 5.67. The second kappa shape index (κ2) is 10.3. The molecule has 7 nitrogen and oxygen atoms in total. The summed E-state index contributed by atoms with van der Waals surface area (Å²) in [5.74, 6) is -0.581. The van der Waals surface area contributed by atoms with Crippen LogP contribution in [0.4, 0.5) is 0 Å². The normalized spacial score (nSPS) is 20.4. The molecule has 4 N–H and O–H groups in total. The van der Waals surface area contributed by atoms with E-state index >= 15 is 0 Å². The lowest BCUT2D eigenvalue weighted by Gasteiger charge is -2.32. The Bertz CT molecular complexity index is 941. The number of β-amino-alcohol motifs (C(OH)–C–C–N with tert-alkyl or cyclic N) is 1. The minimum absolute atomic E-state index is 0. The Morgan fingerprint density at radius 3 is 2.44 bits per heavy atom. The Balaban J connectivity index is 0.00000363. The van der Waals surface area contributed by atoms with Gasteiger partial charge in [-0.15, -0.1) is 23.7 Å². The van der Waals surface area contributed by atoms with Crippen LogP contribution < -0.4 is 11.1 Å². The number of thiazole rings is 1. The minimum atomic E-state index is -0.742. The van der Waals surface area contributed by atoms with Crippen LogP contribution in [-0.4, -0.2) is 51.5 Å². The fourth-order valence-corrected chi connectivity index (χ4v) is 4.56. The summed E-state index contributed by atoms with van der Waals surface area (Å²) in [7, 11) is 0. The predicted molar refractivity (Wildman–Crippen MR) is 130 cm³/mol. The first-order valence-corrected chi connectivity index (χ1v) is 11.4. The van der Waals surface area contributed by atoms with Gasteiger partial charge < -0.3 is 21.1 Å². The van der Waals surface area contributed by atoms with E-state index in [-0.39, 0.29) is 43.2 Å². The molecule has 1 saturated heterocycles. The van der Waals surface area contributed by atoms with Gasteiger partial charge in [-0.2, -0.15) is 0 Å². The smallest absolute Gasteiger partial charge is 0.243 e. The zero-order valence-electron chi connectivity index (χ0n) is 19.2. The van der Waals surface area contributed by atoms with Crippen molar-refractivity contribution in [3.63, 3.8) is 0 Å². The summed E-state index contributed by atoms with van der Waals surface area (Å²) in [5.41, 5.74) is 10.6. The number of aliphatic hydroxyl groups excluding tert-OH is 1. The number of benzene rings is 1. The maximum absolute atomic E-state index is 13.0. The van der Waals surface area contributed by atoms with E-state index in [0.29, 0.717) is 0 Å². The zero-order chi connectivity index (χ0) is 22.9. The highest BCUT2D eigenvalue weighted by Gasteiger charge is 2.42. The number of aromatic nitrogens is 1. The van der Waals surface area contributed by atoms with Crippen molar-refractivity contribution in [3.8, 4) is 10.4 Å². The van der Waals surface area contributed by atoms with Gasteiger partial charge >= 0.3 is 0 Å². The van der Waals surface area contributed by atoms with Crippen LogP contribution in [0.1, 0.15) is 51.4 Å². The summed E-state index contributed by atoms with van der Waals surface area (Å²) in [4.78, 5) is 32.7. The van der Waals surface area contributed by atoms with Gasteiger partial charge in [0, 0.05) is 13.0 Å². The Morgan fingerprint density at radius 2 is 1.91 bits per heavy atom. The third-order valence-electron chi connectivity index (χ3n) is 5.84. The van der Waals surface area contributed by atoms with Crippen molar-refractivity contribution in [3.05, 3.63) is 41.0 Å². The molecule has 3 rings (SSSR count). The molecular formula is C23H33ClN4O3S. The van der Waals surface area contributed by atoms with Crippen molar-refractivity contribution in [2.24, 2.45) is 11.1 Å². The Kier molecular flexibility index (Phi) is 8.44. The molecule has 9 heteroatoms. The SMILES string of the molecule is Cc1ncsc1-c1ccc(C(C)NC(=O)[C@@H]2C[C@H](O)CN2C(=O)C(N)C(C)(C)C)cc1.Cl. The van der Waals surface area contributed by atoms with E-state index in [1.54, 1.807) is 11.3 Å². The first-order chi connectivity index (χ1) is 14.5. The molecule has 2 amide bonds. The number of aryl methyl sites for hydroxylation is 1. The maximum Gasteiger partial charge on any atom is 0.243 e. The highest BCUT2D eigenvalue weighted by Crippen LogP contribution is 2.29. The number of carbonyl (C=O) groups is 2. The first kappa shape index (κ1) is 26.3. The maximum atomic E-state index is 13.0. The highest BCUT2D eigenvalue weighted by molar-refractivity contribution is 7.13. The molecule has 2 aromatic rings. The molecule has 1 aliphatic heterocycles. The van der Waals surface area contributed by atoms with Crippen molar-refractivity contribution in [2.75, 3.05) is 6.54 Å². The standard InChI is InChI=1S/C23H32N4O3S.ClH/c1-13(15-6-8-16(9-7-15)19-14(2)25-12-31-19)26-21(29)18-10-17(28)11-27(18)22(30)20(24)23(3,4)5;/h6-9,12-13,17-18,20,28H,10-11,24H2,1-5H3,(H,26,29);1H/t13?,17-,18-,20?;/m0./s1. The van der Waals surface area contributed by atoms with Gasteiger partial charge in [0.2, 0.25) is 11.8 Å². The molecule has 2 unspecified atom stereocenters. The average Bonchev–Trinajstić information content (AvgIpc) is 3.31. The minimum Gasteiger partial charge on any atom is -0.391 e. The molecule has 0 saturated carbocycles. The zero-order valence-corrected chi connectivity index (χ0v) is 20.8. The van der Waals surface area contributed by atoms with E-state index in [4.69, 9.17) is 5.73 Å². The van der Waals surface area contributed by atoms with E-state index in [2.05, 4.69) is 10.3 Å². The lowest BCUT2D eigenvalue weighted by Crippen LogP contribution is -2.55. The van der Waals surface area contributed by atoms with Crippen LogP contribution in [-0.2, 0) is 9.59 Å². The van der Waals surface area contributed by atoms with E-state index in [1.807, 2.05) is 64.4 Å². The van der Waals surface area contributed by atoms with Crippen LogP contribution in [0.5, 0.6) is 0 Å².